The lowest BCUT2D eigenvalue weighted by molar-refractivity contribution is -0.384. The molecule has 0 fully saturated rings. The smallest absolute Gasteiger partial charge is 0.415 e. The van der Waals surface area contributed by atoms with Crippen molar-refractivity contribution < 1.29 is 14.5 Å². The van der Waals surface area contributed by atoms with E-state index in [2.05, 4.69) is 4.98 Å². The van der Waals surface area contributed by atoms with Gasteiger partial charge >= 0.3 is 11.8 Å². The molecule has 1 rings (SSSR count). The maximum Gasteiger partial charge on any atom is 0.415 e. The molecule has 1 heterocycles. The van der Waals surface area contributed by atoms with Crippen LogP contribution in [0, 0.1) is 10.1 Å². The van der Waals surface area contributed by atoms with E-state index >= 15 is 0 Å². The van der Waals surface area contributed by atoms with Crippen molar-refractivity contribution in [2.75, 3.05) is 18.6 Å². The van der Waals surface area contributed by atoms with Crippen molar-refractivity contribution in [2.24, 2.45) is 0 Å². The van der Waals surface area contributed by atoms with Gasteiger partial charge in [-0.1, -0.05) is 0 Å². The standard InChI is InChI=1S/C9H11N3O4/c1-3-16-9(13)11(2)8-7(12(14)15)5-4-6-10-8/h4-6H,3H2,1-2H3. The van der Waals surface area contributed by atoms with Crippen LogP contribution in [0.15, 0.2) is 18.3 Å². The number of aromatic nitrogens is 1. The Kier molecular flexibility index (Phi) is 3.76. The molecule has 7 nitrogen and oxygen atoms in total. The molecule has 0 aliphatic heterocycles. The third-order valence-electron chi connectivity index (χ3n) is 1.82. The zero-order valence-electron chi connectivity index (χ0n) is 8.91. The number of hydrogen-bond acceptors (Lipinski definition) is 5. The normalized spacial score (nSPS) is 9.62. The number of carbonyl (C=O) groups excluding carboxylic acids is 1. The summed E-state index contributed by atoms with van der Waals surface area (Å²) in [6.45, 7) is 1.85. The highest BCUT2D eigenvalue weighted by atomic mass is 16.6. The molecule has 0 saturated heterocycles. The summed E-state index contributed by atoms with van der Waals surface area (Å²) < 4.78 is 4.72. The Balaban J connectivity index is 3.03. The van der Waals surface area contributed by atoms with E-state index in [1.165, 1.54) is 25.4 Å². The summed E-state index contributed by atoms with van der Waals surface area (Å²) >= 11 is 0. The van der Waals surface area contributed by atoms with Gasteiger partial charge in [-0.15, -0.1) is 0 Å². The van der Waals surface area contributed by atoms with Crippen molar-refractivity contribution in [1.29, 1.82) is 0 Å². The average molecular weight is 225 g/mol. The number of rotatable bonds is 3. The molecule has 16 heavy (non-hydrogen) atoms. The molecule has 0 radical (unpaired) electrons. The van der Waals surface area contributed by atoms with Crippen LogP contribution in [0.25, 0.3) is 0 Å². The minimum absolute atomic E-state index is 0.0362. The highest BCUT2D eigenvalue weighted by Crippen LogP contribution is 2.23. The quantitative estimate of drug-likeness (QED) is 0.575. The van der Waals surface area contributed by atoms with Crippen molar-refractivity contribution in [3.05, 3.63) is 28.4 Å². The molecule has 7 heteroatoms. The molecule has 0 saturated carbocycles. The second kappa shape index (κ2) is 5.06. The van der Waals surface area contributed by atoms with Crippen LogP contribution in [0.1, 0.15) is 6.92 Å². The molecule has 0 aliphatic carbocycles. The van der Waals surface area contributed by atoms with Gasteiger partial charge < -0.3 is 4.74 Å². The fourth-order valence-electron chi connectivity index (χ4n) is 1.10. The number of amides is 1. The van der Waals surface area contributed by atoms with E-state index in [9.17, 15) is 14.9 Å². The summed E-state index contributed by atoms with van der Waals surface area (Å²) in [5.74, 6) is -0.0362. The first-order valence-corrected chi connectivity index (χ1v) is 4.57. The van der Waals surface area contributed by atoms with Crippen molar-refractivity contribution >= 4 is 17.6 Å². The van der Waals surface area contributed by atoms with Gasteiger partial charge in [-0.2, -0.15) is 0 Å². The van der Waals surface area contributed by atoms with Gasteiger partial charge in [0.25, 0.3) is 0 Å². The zero-order chi connectivity index (χ0) is 12.1. The van der Waals surface area contributed by atoms with Crippen LogP contribution in [0.3, 0.4) is 0 Å². The summed E-state index contributed by atoms with van der Waals surface area (Å²) in [5.41, 5.74) is -0.238. The molecule has 1 aromatic rings. The summed E-state index contributed by atoms with van der Waals surface area (Å²) in [6, 6.07) is 2.71. The predicted molar refractivity (Wildman–Crippen MR) is 56.3 cm³/mol. The fourth-order valence-corrected chi connectivity index (χ4v) is 1.10. The van der Waals surface area contributed by atoms with Gasteiger partial charge in [0.2, 0.25) is 5.82 Å². The van der Waals surface area contributed by atoms with E-state index in [1.54, 1.807) is 6.92 Å². The molecule has 0 bridgehead atoms. The van der Waals surface area contributed by atoms with E-state index in [-0.39, 0.29) is 18.1 Å². The second-order valence-corrected chi connectivity index (χ2v) is 2.86. The second-order valence-electron chi connectivity index (χ2n) is 2.86. The highest BCUT2D eigenvalue weighted by Gasteiger charge is 2.22. The number of carbonyl (C=O) groups is 1. The highest BCUT2D eigenvalue weighted by molar-refractivity contribution is 5.88. The van der Waals surface area contributed by atoms with Crippen LogP contribution in [0.4, 0.5) is 16.3 Å². The summed E-state index contributed by atoms with van der Waals surface area (Å²) in [4.78, 5) is 26.2. The van der Waals surface area contributed by atoms with Gasteiger partial charge in [-0.05, 0) is 13.0 Å². The third-order valence-corrected chi connectivity index (χ3v) is 1.82. The maximum atomic E-state index is 11.4. The minimum Gasteiger partial charge on any atom is -0.449 e. The van der Waals surface area contributed by atoms with Crippen LogP contribution in [-0.4, -0.2) is 29.7 Å². The molecular formula is C9H11N3O4. The van der Waals surface area contributed by atoms with E-state index in [4.69, 9.17) is 4.74 Å². The van der Waals surface area contributed by atoms with Crippen molar-refractivity contribution in [3.8, 4) is 0 Å². The summed E-state index contributed by atoms with van der Waals surface area (Å²) in [5, 5.41) is 10.7. The first-order chi connectivity index (χ1) is 7.57. The minimum atomic E-state index is -0.677. The van der Waals surface area contributed by atoms with Crippen LogP contribution in [0.2, 0.25) is 0 Å². The van der Waals surface area contributed by atoms with E-state index < -0.39 is 11.0 Å². The summed E-state index contributed by atoms with van der Waals surface area (Å²) in [7, 11) is 1.37. The van der Waals surface area contributed by atoms with Gasteiger partial charge in [-0.3, -0.25) is 15.0 Å². The Morgan fingerprint density at radius 3 is 2.94 bits per heavy atom. The fraction of sp³-hybridized carbons (Fsp3) is 0.333. The molecule has 86 valence electrons. The van der Waals surface area contributed by atoms with Crippen molar-refractivity contribution in [2.45, 2.75) is 6.92 Å². The molecule has 0 spiro atoms. The lowest BCUT2D eigenvalue weighted by Crippen LogP contribution is -2.28. The third kappa shape index (κ3) is 2.44. The Labute approximate surface area is 91.8 Å². The van der Waals surface area contributed by atoms with Gasteiger partial charge in [0.05, 0.1) is 11.5 Å². The van der Waals surface area contributed by atoms with Crippen molar-refractivity contribution in [3.63, 3.8) is 0 Å². The Bertz CT molecular complexity index is 407. The van der Waals surface area contributed by atoms with E-state index in [1.807, 2.05) is 0 Å². The summed E-state index contributed by atoms with van der Waals surface area (Å²) in [6.07, 6.45) is 0.697. The van der Waals surface area contributed by atoms with Gasteiger partial charge in [0.1, 0.15) is 0 Å². The SMILES string of the molecule is CCOC(=O)N(C)c1ncccc1[N+](=O)[O-]. The zero-order valence-corrected chi connectivity index (χ0v) is 8.91. The monoisotopic (exact) mass is 225 g/mol. The average Bonchev–Trinajstić information content (AvgIpc) is 2.28. The number of pyridine rings is 1. The lowest BCUT2D eigenvalue weighted by atomic mass is 10.4. The van der Waals surface area contributed by atoms with Crippen LogP contribution >= 0.6 is 0 Å². The predicted octanol–water partition coefficient (Wildman–Crippen LogP) is 1.58. The number of ether oxygens (including phenoxy) is 1. The Hall–Kier alpha value is -2.18. The van der Waals surface area contributed by atoms with E-state index in [0.717, 1.165) is 4.90 Å². The molecule has 1 amide bonds. The topological polar surface area (TPSA) is 85.6 Å². The van der Waals surface area contributed by atoms with Crippen LogP contribution < -0.4 is 4.90 Å². The molecule has 0 unspecified atom stereocenters. The number of nitrogens with zero attached hydrogens (tertiary/aromatic N) is 3. The molecule has 1 aromatic heterocycles. The molecule has 0 aromatic carbocycles. The van der Waals surface area contributed by atoms with Gasteiger partial charge in [0, 0.05) is 19.3 Å². The lowest BCUT2D eigenvalue weighted by Gasteiger charge is -2.14. The van der Waals surface area contributed by atoms with Crippen molar-refractivity contribution in [1.82, 2.24) is 4.98 Å². The molecule has 0 aliphatic rings. The molecular weight excluding hydrogens is 214 g/mol. The van der Waals surface area contributed by atoms with Crippen LogP contribution in [-0.2, 0) is 4.74 Å². The largest absolute Gasteiger partial charge is 0.449 e. The Morgan fingerprint density at radius 1 is 1.69 bits per heavy atom. The number of hydrogen-bond donors (Lipinski definition) is 0. The number of anilines is 1. The first-order valence-electron chi connectivity index (χ1n) is 4.57. The molecule has 0 N–H and O–H groups in total. The first kappa shape index (κ1) is 11.9. The van der Waals surface area contributed by atoms with Crippen LogP contribution in [0.5, 0.6) is 0 Å². The maximum absolute atomic E-state index is 11.4. The van der Waals surface area contributed by atoms with E-state index in [0.29, 0.717) is 0 Å². The van der Waals surface area contributed by atoms with Gasteiger partial charge in [0.15, 0.2) is 0 Å². The van der Waals surface area contributed by atoms with Gasteiger partial charge in [-0.25, -0.2) is 9.78 Å². The number of nitro groups is 1. The Morgan fingerprint density at radius 2 is 2.38 bits per heavy atom. The molecule has 0 atom stereocenters.